The van der Waals surface area contributed by atoms with Gasteiger partial charge in [0.05, 0.1) is 23.6 Å². The summed E-state index contributed by atoms with van der Waals surface area (Å²) in [5.74, 6) is 0.229. The normalized spacial score (nSPS) is 23.8. The molecule has 0 spiro atoms. The van der Waals surface area contributed by atoms with Gasteiger partial charge in [-0.25, -0.2) is 4.98 Å². The zero-order valence-electron chi connectivity index (χ0n) is 15.4. The second-order valence-electron chi connectivity index (χ2n) is 7.45. The molecule has 1 aliphatic heterocycles. The molecule has 1 saturated carbocycles. The molecule has 0 unspecified atom stereocenters. The van der Waals surface area contributed by atoms with Crippen molar-refractivity contribution in [1.82, 2.24) is 30.0 Å². The van der Waals surface area contributed by atoms with Crippen LogP contribution in [0.25, 0.3) is 0 Å². The lowest BCUT2D eigenvalue weighted by Crippen LogP contribution is -2.45. The standard InChI is InChI=1S/C19H26N6O/c1-13-10-21-16(12-20-13)19(26)22-11-14-4-3-9-25(15-5-6-15)18(14)17-7-8-23-24(17)2/h7-8,10,12,14-15,18H,3-6,9,11H2,1-2H3,(H,22,26)/t14-,18+/m0/s1. The third-order valence-corrected chi connectivity index (χ3v) is 5.51. The first-order valence-corrected chi connectivity index (χ1v) is 9.44. The Morgan fingerprint density at radius 2 is 2.12 bits per heavy atom. The first-order valence-electron chi connectivity index (χ1n) is 9.44. The van der Waals surface area contributed by atoms with E-state index in [-0.39, 0.29) is 5.91 Å². The van der Waals surface area contributed by atoms with Gasteiger partial charge < -0.3 is 5.32 Å². The largest absolute Gasteiger partial charge is 0.350 e. The van der Waals surface area contributed by atoms with Crippen LogP contribution in [0, 0.1) is 12.8 Å². The molecule has 3 heterocycles. The predicted octanol–water partition coefficient (Wildman–Crippen LogP) is 1.86. The second kappa shape index (κ2) is 7.15. The summed E-state index contributed by atoms with van der Waals surface area (Å²) in [6.45, 7) is 3.64. The van der Waals surface area contributed by atoms with Crippen LogP contribution >= 0.6 is 0 Å². The highest BCUT2D eigenvalue weighted by Gasteiger charge is 2.41. The van der Waals surface area contributed by atoms with Crippen LogP contribution in [0.5, 0.6) is 0 Å². The molecule has 2 aromatic rings. The fraction of sp³-hybridized carbons (Fsp3) is 0.579. The Kier molecular flexibility index (Phi) is 4.72. The first-order chi connectivity index (χ1) is 12.6. The quantitative estimate of drug-likeness (QED) is 0.887. The van der Waals surface area contributed by atoms with Crippen molar-refractivity contribution in [1.29, 1.82) is 0 Å². The summed E-state index contributed by atoms with van der Waals surface area (Å²) < 4.78 is 1.98. The molecule has 4 rings (SSSR count). The molecule has 7 nitrogen and oxygen atoms in total. The predicted molar refractivity (Wildman–Crippen MR) is 97.5 cm³/mol. The van der Waals surface area contributed by atoms with Gasteiger partial charge in [-0.3, -0.25) is 19.4 Å². The number of carbonyl (C=O) groups excluding carboxylic acids is 1. The minimum Gasteiger partial charge on any atom is -0.350 e. The maximum Gasteiger partial charge on any atom is 0.271 e. The minimum absolute atomic E-state index is 0.148. The molecular formula is C19H26N6O. The molecular weight excluding hydrogens is 328 g/mol. The molecule has 2 aromatic heterocycles. The van der Waals surface area contributed by atoms with E-state index in [0.29, 0.717) is 30.2 Å². The van der Waals surface area contributed by atoms with Gasteiger partial charge in [-0.2, -0.15) is 5.10 Å². The van der Waals surface area contributed by atoms with Crippen LogP contribution in [0.1, 0.15) is 53.6 Å². The van der Waals surface area contributed by atoms with Crippen molar-refractivity contribution in [2.75, 3.05) is 13.1 Å². The van der Waals surface area contributed by atoms with Gasteiger partial charge in [-0.1, -0.05) is 0 Å². The number of aryl methyl sites for hydroxylation is 2. The smallest absolute Gasteiger partial charge is 0.271 e. The molecule has 1 aliphatic carbocycles. The van der Waals surface area contributed by atoms with E-state index in [9.17, 15) is 4.79 Å². The van der Waals surface area contributed by atoms with Crippen LogP contribution in [-0.2, 0) is 7.05 Å². The molecule has 0 radical (unpaired) electrons. The summed E-state index contributed by atoms with van der Waals surface area (Å²) in [4.78, 5) is 23.4. The highest BCUT2D eigenvalue weighted by Crippen LogP contribution is 2.42. The third kappa shape index (κ3) is 3.49. The molecule has 1 amide bonds. The average Bonchev–Trinajstić information content (AvgIpc) is 3.41. The van der Waals surface area contributed by atoms with Crippen LogP contribution in [0.3, 0.4) is 0 Å². The fourth-order valence-corrected chi connectivity index (χ4v) is 4.04. The highest BCUT2D eigenvalue weighted by molar-refractivity contribution is 5.91. The minimum atomic E-state index is -0.148. The van der Waals surface area contributed by atoms with Crippen molar-refractivity contribution in [2.24, 2.45) is 13.0 Å². The number of hydrogen-bond acceptors (Lipinski definition) is 5. The van der Waals surface area contributed by atoms with Gasteiger partial charge in [0, 0.05) is 32.0 Å². The molecule has 138 valence electrons. The molecule has 7 heteroatoms. The van der Waals surface area contributed by atoms with Crippen molar-refractivity contribution in [3.8, 4) is 0 Å². The third-order valence-electron chi connectivity index (χ3n) is 5.51. The summed E-state index contributed by atoms with van der Waals surface area (Å²) in [5.41, 5.74) is 2.43. The number of aromatic nitrogens is 4. The molecule has 2 aliphatic rings. The Labute approximate surface area is 153 Å². The van der Waals surface area contributed by atoms with Crippen molar-refractivity contribution >= 4 is 5.91 Å². The number of rotatable bonds is 5. The maximum atomic E-state index is 12.4. The lowest BCUT2D eigenvalue weighted by molar-refractivity contribution is 0.0725. The molecule has 1 N–H and O–H groups in total. The lowest BCUT2D eigenvalue weighted by Gasteiger charge is -2.41. The second-order valence-corrected chi connectivity index (χ2v) is 7.45. The molecule has 2 atom stereocenters. The van der Waals surface area contributed by atoms with Gasteiger partial charge >= 0.3 is 0 Å². The summed E-state index contributed by atoms with van der Waals surface area (Å²) >= 11 is 0. The van der Waals surface area contributed by atoms with Crippen LogP contribution in [0.4, 0.5) is 0 Å². The van der Waals surface area contributed by atoms with Crippen LogP contribution < -0.4 is 5.32 Å². The summed E-state index contributed by atoms with van der Waals surface area (Å²) in [5, 5.41) is 7.46. The van der Waals surface area contributed by atoms with Crippen molar-refractivity contribution in [3.05, 3.63) is 41.7 Å². The van der Waals surface area contributed by atoms with Gasteiger partial charge in [0.25, 0.3) is 5.91 Å². The maximum absolute atomic E-state index is 12.4. The van der Waals surface area contributed by atoms with E-state index in [4.69, 9.17) is 0 Å². The van der Waals surface area contributed by atoms with E-state index >= 15 is 0 Å². The van der Waals surface area contributed by atoms with E-state index in [1.54, 1.807) is 12.4 Å². The van der Waals surface area contributed by atoms with Crippen LogP contribution in [-0.4, -0.2) is 49.7 Å². The van der Waals surface area contributed by atoms with Crippen molar-refractivity contribution < 1.29 is 4.79 Å². The van der Waals surface area contributed by atoms with Gasteiger partial charge in [0.1, 0.15) is 5.69 Å². The Morgan fingerprint density at radius 1 is 1.27 bits per heavy atom. The Hall–Kier alpha value is -2.28. The van der Waals surface area contributed by atoms with E-state index in [0.717, 1.165) is 18.7 Å². The number of nitrogens with one attached hydrogen (secondary N) is 1. The Morgan fingerprint density at radius 3 is 2.77 bits per heavy atom. The number of likely N-dealkylation sites (tertiary alicyclic amines) is 1. The average molecular weight is 354 g/mol. The fourth-order valence-electron chi connectivity index (χ4n) is 4.04. The van der Waals surface area contributed by atoms with Gasteiger partial charge in [0.15, 0.2) is 0 Å². The summed E-state index contributed by atoms with van der Waals surface area (Å²) in [6.07, 6.45) is 9.89. The van der Waals surface area contributed by atoms with Crippen LogP contribution in [0.2, 0.25) is 0 Å². The molecule has 0 bridgehead atoms. The van der Waals surface area contributed by atoms with Crippen LogP contribution in [0.15, 0.2) is 24.7 Å². The van der Waals surface area contributed by atoms with Crippen molar-refractivity contribution in [2.45, 2.75) is 44.7 Å². The number of carbonyl (C=O) groups is 1. The van der Waals surface area contributed by atoms with E-state index in [2.05, 4.69) is 31.3 Å². The molecule has 26 heavy (non-hydrogen) atoms. The van der Waals surface area contributed by atoms with E-state index in [1.165, 1.54) is 25.0 Å². The Balaban J connectivity index is 1.49. The van der Waals surface area contributed by atoms with E-state index in [1.807, 2.05) is 24.9 Å². The topological polar surface area (TPSA) is 75.9 Å². The number of nitrogens with zero attached hydrogens (tertiary/aromatic N) is 5. The number of amides is 1. The molecule has 2 fully saturated rings. The summed E-state index contributed by atoms with van der Waals surface area (Å²) in [6, 6.07) is 3.12. The van der Waals surface area contributed by atoms with Gasteiger partial charge in [-0.15, -0.1) is 0 Å². The summed E-state index contributed by atoms with van der Waals surface area (Å²) in [7, 11) is 2.01. The SMILES string of the molecule is Cc1cnc(C(=O)NC[C@@H]2CCCN(C3CC3)[C@H]2c2ccnn2C)cn1. The number of piperidine rings is 1. The Bertz CT molecular complexity index is 767. The van der Waals surface area contributed by atoms with Gasteiger partial charge in [-0.05, 0) is 51.1 Å². The molecule has 1 saturated heterocycles. The van der Waals surface area contributed by atoms with Gasteiger partial charge in [0.2, 0.25) is 0 Å². The lowest BCUT2D eigenvalue weighted by atomic mass is 9.86. The highest BCUT2D eigenvalue weighted by atomic mass is 16.1. The monoisotopic (exact) mass is 354 g/mol. The zero-order chi connectivity index (χ0) is 18.1. The van der Waals surface area contributed by atoms with E-state index < -0.39 is 0 Å². The number of hydrogen-bond donors (Lipinski definition) is 1. The molecule has 0 aromatic carbocycles. The zero-order valence-corrected chi connectivity index (χ0v) is 15.4. The van der Waals surface area contributed by atoms with Crippen molar-refractivity contribution in [3.63, 3.8) is 0 Å². The first kappa shape index (κ1) is 17.1.